The number of anilines is 1. The largest absolute Gasteiger partial charge is 0.466 e. The van der Waals surface area contributed by atoms with Crippen LogP contribution in [-0.2, 0) is 9.53 Å². The Morgan fingerprint density at radius 1 is 1.48 bits per heavy atom. The quantitative estimate of drug-likeness (QED) is 0.833. The van der Waals surface area contributed by atoms with Gasteiger partial charge in [0.2, 0.25) is 5.95 Å². The molecule has 0 fully saturated rings. The van der Waals surface area contributed by atoms with Crippen LogP contribution in [0, 0.1) is 0 Å². The van der Waals surface area contributed by atoms with E-state index in [1.807, 2.05) is 24.3 Å². The van der Waals surface area contributed by atoms with Crippen LogP contribution in [-0.4, -0.2) is 33.3 Å². The Bertz CT molecular complexity index is 740. The van der Waals surface area contributed by atoms with E-state index in [0.717, 1.165) is 10.0 Å². The second kappa shape index (κ2) is 5.28. The monoisotopic (exact) mass is 349 g/mol. The number of hydrogen-bond donors (Lipinski definition) is 1. The number of rotatable bonds is 2. The van der Waals surface area contributed by atoms with Gasteiger partial charge in [0.1, 0.15) is 6.04 Å². The van der Waals surface area contributed by atoms with E-state index in [0.29, 0.717) is 17.2 Å². The van der Waals surface area contributed by atoms with Crippen LogP contribution >= 0.6 is 15.9 Å². The normalized spacial score (nSPS) is 17.2. The van der Waals surface area contributed by atoms with Crippen molar-refractivity contribution in [2.24, 2.45) is 0 Å². The molecule has 7 nitrogen and oxygen atoms in total. The van der Waals surface area contributed by atoms with E-state index in [2.05, 4.69) is 36.8 Å². The minimum absolute atomic E-state index is 0.411. The molecule has 8 heteroatoms. The van der Waals surface area contributed by atoms with E-state index in [-0.39, 0.29) is 0 Å². The fraction of sp³-hybridized carbons (Fsp3) is 0.231. The number of tetrazole rings is 1. The average Bonchev–Trinajstić information content (AvgIpc) is 2.92. The van der Waals surface area contributed by atoms with Crippen molar-refractivity contribution >= 4 is 27.8 Å². The highest BCUT2D eigenvalue weighted by Crippen LogP contribution is 2.35. The smallest absolute Gasteiger partial charge is 0.338 e. The highest BCUT2D eigenvalue weighted by molar-refractivity contribution is 9.10. The lowest BCUT2D eigenvalue weighted by Gasteiger charge is -2.27. The zero-order valence-electron chi connectivity index (χ0n) is 11.4. The standard InChI is InChI=1S/C13H12BrN5O2/c1-7-10(12(20)21-2)11(8-4-3-5-9(14)6-8)19-13(15-7)16-17-18-19/h3-6,11H,1-2H3,(H,15,16,18)/t11-/m0/s1. The van der Waals surface area contributed by atoms with Gasteiger partial charge in [0.25, 0.3) is 0 Å². The summed E-state index contributed by atoms with van der Waals surface area (Å²) in [6, 6.07) is 7.23. The van der Waals surface area contributed by atoms with Crippen LogP contribution in [0.15, 0.2) is 40.0 Å². The lowest BCUT2D eigenvalue weighted by atomic mass is 9.96. The van der Waals surface area contributed by atoms with Gasteiger partial charge in [-0.1, -0.05) is 33.2 Å². The number of fused-ring (bicyclic) bond motifs is 1. The predicted molar refractivity (Wildman–Crippen MR) is 78.4 cm³/mol. The summed E-state index contributed by atoms with van der Waals surface area (Å²) in [6.45, 7) is 1.80. The highest BCUT2D eigenvalue weighted by atomic mass is 79.9. The first-order chi connectivity index (χ1) is 10.1. The molecule has 0 amide bonds. The van der Waals surface area contributed by atoms with Gasteiger partial charge in [-0.15, -0.1) is 0 Å². The lowest BCUT2D eigenvalue weighted by molar-refractivity contribution is -0.136. The first-order valence-corrected chi connectivity index (χ1v) is 7.00. The SMILES string of the molecule is COC(=O)C1=C(C)Nc2nnnn2[C@H]1c1cccc(Br)c1. The Hall–Kier alpha value is -2.22. The summed E-state index contributed by atoms with van der Waals surface area (Å²) < 4.78 is 7.39. The molecule has 0 spiro atoms. The maximum absolute atomic E-state index is 12.2. The number of hydrogen-bond acceptors (Lipinski definition) is 6. The molecule has 1 atom stereocenters. The Morgan fingerprint density at radius 3 is 3.00 bits per heavy atom. The van der Waals surface area contributed by atoms with Crippen LogP contribution in [0.2, 0.25) is 0 Å². The number of ether oxygens (including phenoxy) is 1. The lowest BCUT2D eigenvalue weighted by Crippen LogP contribution is -2.29. The van der Waals surface area contributed by atoms with Crippen molar-refractivity contribution in [3.63, 3.8) is 0 Å². The number of allylic oxidation sites excluding steroid dienone is 1. The van der Waals surface area contributed by atoms with Crippen LogP contribution < -0.4 is 5.32 Å². The molecule has 0 bridgehead atoms. The molecule has 0 saturated carbocycles. The summed E-state index contributed by atoms with van der Waals surface area (Å²) in [7, 11) is 1.36. The van der Waals surface area contributed by atoms with E-state index < -0.39 is 12.0 Å². The minimum atomic E-state index is -0.429. The molecule has 3 rings (SSSR count). The molecule has 0 saturated heterocycles. The van der Waals surface area contributed by atoms with Gasteiger partial charge < -0.3 is 10.1 Å². The molecule has 0 aliphatic carbocycles. The highest BCUT2D eigenvalue weighted by Gasteiger charge is 2.34. The summed E-state index contributed by atoms with van der Waals surface area (Å²) in [5, 5.41) is 14.6. The molecular weight excluding hydrogens is 338 g/mol. The number of aromatic nitrogens is 4. The molecule has 1 aromatic carbocycles. The van der Waals surface area contributed by atoms with Crippen LogP contribution in [0.3, 0.4) is 0 Å². The first kappa shape index (κ1) is 13.7. The summed E-state index contributed by atoms with van der Waals surface area (Å²) in [6.07, 6.45) is 0. The number of carbonyl (C=O) groups excluding carboxylic acids is 1. The van der Waals surface area contributed by atoms with Crippen molar-refractivity contribution in [2.45, 2.75) is 13.0 Å². The zero-order chi connectivity index (χ0) is 15.0. The summed E-state index contributed by atoms with van der Waals surface area (Å²) in [5.74, 6) is 0.0799. The van der Waals surface area contributed by atoms with Gasteiger partial charge in [0.05, 0.1) is 12.7 Å². The van der Waals surface area contributed by atoms with Crippen LogP contribution in [0.4, 0.5) is 5.95 Å². The van der Waals surface area contributed by atoms with E-state index in [1.165, 1.54) is 7.11 Å². The third kappa shape index (κ3) is 2.31. The van der Waals surface area contributed by atoms with E-state index in [4.69, 9.17) is 4.74 Å². The molecular formula is C13H12BrN5O2. The first-order valence-electron chi connectivity index (χ1n) is 6.21. The van der Waals surface area contributed by atoms with Gasteiger partial charge in [-0.3, -0.25) is 0 Å². The Balaban J connectivity index is 2.20. The van der Waals surface area contributed by atoms with Gasteiger partial charge in [0.15, 0.2) is 0 Å². The number of nitrogens with zero attached hydrogens (tertiary/aromatic N) is 4. The summed E-state index contributed by atoms with van der Waals surface area (Å²) >= 11 is 3.44. The molecule has 108 valence electrons. The molecule has 1 aliphatic heterocycles. The predicted octanol–water partition coefficient (Wildman–Crippen LogP) is 1.90. The van der Waals surface area contributed by atoms with Gasteiger partial charge in [-0.25, -0.2) is 4.79 Å². The molecule has 1 aliphatic rings. The Labute approximate surface area is 129 Å². The number of esters is 1. The fourth-order valence-electron chi connectivity index (χ4n) is 2.37. The second-order valence-corrected chi connectivity index (χ2v) is 5.48. The number of methoxy groups -OCH3 is 1. The number of nitrogens with one attached hydrogen (secondary N) is 1. The zero-order valence-corrected chi connectivity index (χ0v) is 13.0. The minimum Gasteiger partial charge on any atom is -0.466 e. The van der Waals surface area contributed by atoms with Gasteiger partial charge in [-0.05, 0) is 35.0 Å². The Morgan fingerprint density at radius 2 is 2.29 bits per heavy atom. The van der Waals surface area contributed by atoms with E-state index in [1.54, 1.807) is 11.6 Å². The van der Waals surface area contributed by atoms with Crippen molar-refractivity contribution in [1.29, 1.82) is 0 Å². The Kier molecular flexibility index (Phi) is 3.46. The van der Waals surface area contributed by atoms with Crippen LogP contribution in [0.25, 0.3) is 0 Å². The average molecular weight is 350 g/mol. The molecule has 2 aromatic rings. The number of benzene rings is 1. The van der Waals surface area contributed by atoms with Gasteiger partial charge in [-0.2, -0.15) is 4.68 Å². The van der Waals surface area contributed by atoms with Crippen LogP contribution in [0.1, 0.15) is 18.5 Å². The van der Waals surface area contributed by atoms with Crippen molar-refractivity contribution in [3.8, 4) is 0 Å². The third-order valence-electron chi connectivity index (χ3n) is 3.28. The second-order valence-electron chi connectivity index (χ2n) is 4.56. The van der Waals surface area contributed by atoms with Crippen molar-refractivity contribution in [2.75, 3.05) is 12.4 Å². The summed E-state index contributed by atoms with van der Waals surface area (Å²) in [5.41, 5.74) is 2.05. The van der Waals surface area contributed by atoms with E-state index in [9.17, 15) is 4.79 Å². The van der Waals surface area contributed by atoms with Crippen molar-refractivity contribution in [1.82, 2.24) is 20.2 Å². The van der Waals surface area contributed by atoms with Gasteiger partial charge >= 0.3 is 5.97 Å². The van der Waals surface area contributed by atoms with E-state index >= 15 is 0 Å². The van der Waals surface area contributed by atoms with Gasteiger partial charge in [0, 0.05) is 10.2 Å². The maximum Gasteiger partial charge on any atom is 0.338 e. The van der Waals surface area contributed by atoms with Crippen molar-refractivity contribution in [3.05, 3.63) is 45.6 Å². The topological polar surface area (TPSA) is 81.9 Å². The molecule has 0 unspecified atom stereocenters. The molecule has 1 aromatic heterocycles. The molecule has 1 N–H and O–H groups in total. The number of carbonyl (C=O) groups is 1. The fourth-order valence-corrected chi connectivity index (χ4v) is 2.79. The van der Waals surface area contributed by atoms with Crippen molar-refractivity contribution < 1.29 is 9.53 Å². The number of halogens is 1. The third-order valence-corrected chi connectivity index (χ3v) is 3.78. The molecule has 0 radical (unpaired) electrons. The summed E-state index contributed by atoms with van der Waals surface area (Å²) in [4.78, 5) is 12.2. The molecule has 21 heavy (non-hydrogen) atoms. The van der Waals surface area contributed by atoms with Crippen LogP contribution in [0.5, 0.6) is 0 Å². The molecule has 2 heterocycles. The maximum atomic E-state index is 12.2.